The number of likely N-dealkylation sites (tertiary alicyclic amines) is 1. The molecule has 3 amide bonds. The van der Waals surface area contributed by atoms with Gasteiger partial charge in [0, 0.05) is 31.8 Å². The van der Waals surface area contributed by atoms with E-state index in [0.717, 1.165) is 24.2 Å². The predicted octanol–water partition coefficient (Wildman–Crippen LogP) is 2.64. The Hall–Kier alpha value is -1.39. The number of carbonyl (C=O) groups excluding carboxylic acids is 3. The summed E-state index contributed by atoms with van der Waals surface area (Å²) in [6.45, 7) is 2.41. The van der Waals surface area contributed by atoms with Crippen molar-refractivity contribution in [3.8, 4) is 0 Å². The largest absolute Gasteiger partial charge is 0.353 e. The molecule has 1 heterocycles. The van der Waals surface area contributed by atoms with Crippen molar-refractivity contribution in [1.82, 2.24) is 10.2 Å². The third-order valence-corrected chi connectivity index (χ3v) is 7.29. The molecule has 4 aliphatic carbocycles. The number of hydrogen-bond acceptors (Lipinski definition) is 3. The zero-order chi connectivity index (χ0) is 17.6. The molecular formula is C20H30N2O3. The van der Waals surface area contributed by atoms with E-state index in [-0.39, 0.29) is 36.7 Å². The lowest BCUT2D eigenvalue weighted by Gasteiger charge is -2.59. The summed E-state index contributed by atoms with van der Waals surface area (Å²) in [5, 5.41) is 3.29. The topological polar surface area (TPSA) is 66.5 Å². The van der Waals surface area contributed by atoms with E-state index in [1.807, 2.05) is 0 Å². The molecule has 1 unspecified atom stereocenters. The Morgan fingerprint density at radius 3 is 2.08 bits per heavy atom. The van der Waals surface area contributed by atoms with Crippen LogP contribution in [0.2, 0.25) is 0 Å². The first-order valence-electron chi connectivity index (χ1n) is 10.1. The third kappa shape index (κ3) is 3.11. The maximum atomic E-state index is 12.5. The molecule has 0 radical (unpaired) electrons. The van der Waals surface area contributed by atoms with Crippen LogP contribution in [0, 0.1) is 23.2 Å². The fourth-order valence-electron chi connectivity index (χ4n) is 6.64. The van der Waals surface area contributed by atoms with Crippen molar-refractivity contribution in [3.63, 3.8) is 0 Å². The summed E-state index contributed by atoms with van der Waals surface area (Å²) >= 11 is 0. The quantitative estimate of drug-likeness (QED) is 0.752. The molecule has 5 fully saturated rings. The maximum Gasteiger partial charge on any atom is 0.229 e. The first kappa shape index (κ1) is 17.0. The van der Waals surface area contributed by atoms with Gasteiger partial charge in [0.1, 0.15) is 0 Å². The molecule has 0 aromatic heterocycles. The van der Waals surface area contributed by atoms with Crippen LogP contribution in [0.15, 0.2) is 0 Å². The summed E-state index contributed by atoms with van der Waals surface area (Å²) in [5.74, 6) is 2.35. The number of amides is 3. The monoisotopic (exact) mass is 346 g/mol. The van der Waals surface area contributed by atoms with Crippen LogP contribution in [0.25, 0.3) is 0 Å². The highest BCUT2D eigenvalue weighted by atomic mass is 16.2. The molecule has 1 saturated heterocycles. The summed E-state index contributed by atoms with van der Waals surface area (Å²) in [6, 6.07) is 0.249. The highest BCUT2D eigenvalue weighted by Gasteiger charge is 2.54. The lowest BCUT2D eigenvalue weighted by atomic mass is 9.47. The van der Waals surface area contributed by atoms with Crippen molar-refractivity contribution in [1.29, 1.82) is 0 Å². The van der Waals surface area contributed by atoms with Crippen molar-refractivity contribution < 1.29 is 14.4 Å². The first-order valence-corrected chi connectivity index (χ1v) is 10.1. The van der Waals surface area contributed by atoms with Gasteiger partial charge >= 0.3 is 0 Å². The van der Waals surface area contributed by atoms with E-state index in [2.05, 4.69) is 12.2 Å². The number of nitrogens with zero attached hydrogens (tertiary/aromatic N) is 1. The van der Waals surface area contributed by atoms with Gasteiger partial charge in [0.05, 0.1) is 0 Å². The SMILES string of the molecule is CCC(NC(=O)CCN1C(=O)CCC1=O)C12CC3CC(CC(C3)C1)C2. The van der Waals surface area contributed by atoms with Gasteiger partial charge in [0.2, 0.25) is 17.7 Å². The summed E-state index contributed by atoms with van der Waals surface area (Å²) in [6.07, 6.45) is 9.85. The second-order valence-electron chi connectivity index (χ2n) is 9.00. The van der Waals surface area contributed by atoms with E-state index >= 15 is 0 Å². The molecule has 25 heavy (non-hydrogen) atoms. The minimum absolute atomic E-state index is 0.00454. The van der Waals surface area contributed by atoms with Crippen LogP contribution in [0.1, 0.15) is 71.1 Å². The van der Waals surface area contributed by atoms with Gasteiger partial charge < -0.3 is 5.32 Å². The average molecular weight is 346 g/mol. The van der Waals surface area contributed by atoms with Gasteiger partial charge in [-0.05, 0) is 68.1 Å². The fraction of sp³-hybridized carbons (Fsp3) is 0.850. The average Bonchev–Trinajstić information content (AvgIpc) is 2.87. The van der Waals surface area contributed by atoms with Crippen LogP contribution in [0.5, 0.6) is 0 Å². The van der Waals surface area contributed by atoms with Crippen molar-refractivity contribution in [2.24, 2.45) is 23.2 Å². The summed E-state index contributed by atoms with van der Waals surface area (Å²) in [7, 11) is 0. The molecule has 0 aromatic rings. The van der Waals surface area contributed by atoms with Gasteiger partial charge in [-0.25, -0.2) is 0 Å². The van der Waals surface area contributed by atoms with E-state index in [0.29, 0.717) is 18.3 Å². The van der Waals surface area contributed by atoms with E-state index in [1.165, 1.54) is 43.4 Å². The molecule has 0 spiro atoms. The highest BCUT2D eigenvalue weighted by molar-refractivity contribution is 6.02. The van der Waals surface area contributed by atoms with Crippen LogP contribution in [0.4, 0.5) is 0 Å². The molecule has 0 aromatic carbocycles. The molecular weight excluding hydrogens is 316 g/mol. The van der Waals surface area contributed by atoms with Gasteiger partial charge in [0.15, 0.2) is 0 Å². The van der Waals surface area contributed by atoms with Gasteiger partial charge in [-0.1, -0.05) is 6.92 Å². The molecule has 1 aliphatic heterocycles. The van der Waals surface area contributed by atoms with Crippen LogP contribution >= 0.6 is 0 Å². The normalized spacial score (nSPS) is 37.6. The zero-order valence-corrected chi connectivity index (χ0v) is 15.3. The van der Waals surface area contributed by atoms with Crippen LogP contribution in [-0.2, 0) is 14.4 Å². The molecule has 138 valence electrons. The molecule has 1 N–H and O–H groups in total. The van der Waals surface area contributed by atoms with E-state index in [4.69, 9.17) is 0 Å². The van der Waals surface area contributed by atoms with E-state index in [9.17, 15) is 14.4 Å². The smallest absolute Gasteiger partial charge is 0.229 e. The molecule has 4 bridgehead atoms. The summed E-state index contributed by atoms with van der Waals surface area (Å²) in [5.41, 5.74) is 0.304. The third-order valence-electron chi connectivity index (χ3n) is 7.29. The Labute approximate surface area is 149 Å². The van der Waals surface area contributed by atoms with Crippen molar-refractivity contribution in [2.45, 2.75) is 77.2 Å². The lowest BCUT2D eigenvalue weighted by Crippen LogP contribution is -2.56. The van der Waals surface area contributed by atoms with Gasteiger partial charge in [0.25, 0.3) is 0 Å². The lowest BCUT2D eigenvalue weighted by molar-refractivity contribution is -0.138. The Balaban J connectivity index is 1.36. The van der Waals surface area contributed by atoms with Crippen molar-refractivity contribution >= 4 is 17.7 Å². The number of rotatable bonds is 6. The minimum atomic E-state index is -0.133. The molecule has 1 atom stereocenters. The predicted molar refractivity (Wildman–Crippen MR) is 93.4 cm³/mol. The Bertz CT molecular complexity index is 534. The maximum absolute atomic E-state index is 12.5. The Kier molecular flexibility index (Phi) is 4.37. The van der Waals surface area contributed by atoms with Crippen molar-refractivity contribution in [2.75, 3.05) is 6.54 Å². The number of carbonyl (C=O) groups is 3. The zero-order valence-electron chi connectivity index (χ0n) is 15.3. The Morgan fingerprint density at radius 1 is 1.08 bits per heavy atom. The first-order chi connectivity index (χ1) is 12.0. The second kappa shape index (κ2) is 6.40. The van der Waals surface area contributed by atoms with Crippen molar-refractivity contribution in [3.05, 3.63) is 0 Å². The summed E-state index contributed by atoms with van der Waals surface area (Å²) < 4.78 is 0. The standard InChI is InChI=1S/C20H30N2O3/c1-2-16(20-10-13-7-14(11-20)9-15(8-13)12-20)21-17(23)5-6-22-18(24)3-4-19(22)25/h13-16H,2-12H2,1H3,(H,21,23). The van der Waals surface area contributed by atoms with Crippen LogP contribution < -0.4 is 5.32 Å². The van der Waals surface area contributed by atoms with Gasteiger partial charge in [-0.3, -0.25) is 19.3 Å². The summed E-state index contributed by atoms with van der Waals surface area (Å²) in [4.78, 5) is 37.1. The second-order valence-corrected chi connectivity index (χ2v) is 9.00. The molecule has 5 heteroatoms. The van der Waals surface area contributed by atoms with E-state index < -0.39 is 0 Å². The van der Waals surface area contributed by atoms with Crippen LogP contribution in [-0.4, -0.2) is 35.2 Å². The number of nitrogens with one attached hydrogen (secondary N) is 1. The van der Waals surface area contributed by atoms with Gasteiger partial charge in [-0.2, -0.15) is 0 Å². The molecule has 5 aliphatic rings. The number of hydrogen-bond donors (Lipinski definition) is 1. The number of imide groups is 1. The van der Waals surface area contributed by atoms with Gasteiger partial charge in [-0.15, -0.1) is 0 Å². The van der Waals surface area contributed by atoms with Crippen LogP contribution in [0.3, 0.4) is 0 Å². The highest BCUT2D eigenvalue weighted by Crippen LogP contribution is 2.61. The molecule has 5 nitrogen and oxygen atoms in total. The van der Waals surface area contributed by atoms with E-state index in [1.54, 1.807) is 0 Å². The molecule has 5 rings (SSSR count). The Morgan fingerprint density at radius 2 is 1.60 bits per heavy atom. The fourth-order valence-corrected chi connectivity index (χ4v) is 6.64. The molecule has 4 saturated carbocycles. The minimum Gasteiger partial charge on any atom is -0.353 e.